The van der Waals surface area contributed by atoms with Gasteiger partial charge in [-0.25, -0.2) is 0 Å². The maximum Gasteiger partial charge on any atom is 0.238 e. The normalized spacial score (nSPS) is 10.3. The first-order chi connectivity index (χ1) is 7.16. The van der Waals surface area contributed by atoms with Crippen LogP contribution < -0.4 is 4.74 Å². The zero-order valence-electron chi connectivity index (χ0n) is 7.87. The maximum absolute atomic E-state index is 5.57. The summed E-state index contributed by atoms with van der Waals surface area (Å²) >= 11 is 6.83. The first kappa shape index (κ1) is 10.7. The van der Waals surface area contributed by atoms with E-state index in [9.17, 15) is 0 Å². The molecule has 3 nitrogen and oxygen atoms in total. The van der Waals surface area contributed by atoms with Crippen LogP contribution in [-0.2, 0) is 7.05 Å². The van der Waals surface area contributed by atoms with E-state index in [1.807, 2.05) is 18.2 Å². The van der Waals surface area contributed by atoms with Gasteiger partial charge in [-0.1, -0.05) is 6.07 Å². The standard InChI is InChI=1S/C10H7Br2N2O/c1-14-6-5-9(13-14)15-8-4-2-3-7(11)10(8)12/h2-5H,1H3. The molecule has 0 saturated carbocycles. The summed E-state index contributed by atoms with van der Waals surface area (Å²) in [6.45, 7) is 0. The number of rotatable bonds is 2. The fourth-order valence-electron chi connectivity index (χ4n) is 1.08. The number of nitrogens with zero attached hydrogens (tertiary/aromatic N) is 2. The molecule has 0 aliphatic rings. The van der Waals surface area contributed by atoms with Crippen LogP contribution in [0, 0.1) is 6.20 Å². The second-order valence-corrected chi connectivity index (χ2v) is 4.54. The molecule has 0 fully saturated rings. The Bertz CT molecular complexity index is 482. The Kier molecular flexibility index (Phi) is 3.11. The summed E-state index contributed by atoms with van der Waals surface area (Å²) in [5.74, 6) is 1.24. The molecule has 0 aliphatic heterocycles. The van der Waals surface area contributed by atoms with E-state index in [4.69, 9.17) is 4.74 Å². The van der Waals surface area contributed by atoms with E-state index in [0.717, 1.165) is 14.7 Å². The molecule has 0 unspecified atom stereocenters. The monoisotopic (exact) mass is 329 g/mol. The highest BCUT2D eigenvalue weighted by molar-refractivity contribution is 9.13. The van der Waals surface area contributed by atoms with Crippen molar-refractivity contribution >= 4 is 31.9 Å². The van der Waals surface area contributed by atoms with E-state index >= 15 is 0 Å². The SMILES string of the molecule is Cn1[c]cc(Oc2cccc(Br)c2Br)n1. The fourth-order valence-corrected chi connectivity index (χ4v) is 1.77. The molecule has 1 aromatic carbocycles. The lowest BCUT2D eigenvalue weighted by Crippen LogP contribution is -1.90. The van der Waals surface area contributed by atoms with E-state index in [-0.39, 0.29) is 0 Å². The van der Waals surface area contributed by atoms with Crippen LogP contribution in [0.3, 0.4) is 0 Å². The van der Waals surface area contributed by atoms with Gasteiger partial charge in [-0.2, -0.15) is 0 Å². The van der Waals surface area contributed by atoms with Crippen molar-refractivity contribution < 1.29 is 4.74 Å². The number of hydrogen-bond acceptors (Lipinski definition) is 2. The first-order valence-corrected chi connectivity index (χ1v) is 5.79. The number of hydrogen-bond donors (Lipinski definition) is 0. The summed E-state index contributed by atoms with van der Waals surface area (Å²) < 4.78 is 8.96. The van der Waals surface area contributed by atoms with Gasteiger partial charge in [-0.15, -0.1) is 5.10 Å². The van der Waals surface area contributed by atoms with Gasteiger partial charge in [0.2, 0.25) is 5.88 Å². The lowest BCUT2D eigenvalue weighted by Gasteiger charge is -2.05. The van der Waals surface area contributed by atoms with Crippen molar-refractivity contribution in [1.82, 2.24) is 9.78 Å². The summed E-state index contributed by atoms with van der Waals surface area (Å²) in [5, 5.41) is 4.08. The van der Waals surface area contributed by atoms with Gasteiger partial charge >= 0.3 is 0 Å². The van der Waals surface area contributed by atoms with Crippen LogP contribution in [0.4, 0.5) is 0 Å². The molecule has 0 spiro atoms. The van der Waals surface area contributed by atoms with E-state index in [2.05, 4.69) is 43.2 Å². The number of halogens is 2. The van der Waals surface area contributed by atoms with E-state index in [1.165, 1.54) is 0 Å². The maximum atomic E-state index is 5.57. The van der Waals surface area contributed by atoms with Crippen LogP contribution in [0.2, 0.25) is 0 Å². The molecule has 0 amide bonds. The Labute approximate surface area is 104 Å². The van der Waals surface area contributed by atoms with Gasteiger partial charge in [0.15, 0.2) is 0 Å². The molecular weight excluding hydrogens is 324 g/mol. The topological polar surface area (TPSA) is 27.1 Å². The van der Waals surface area contributed by atoms with Gasteiger partial charge in [-0.3, -0.25) is 4.68 Å². The zero-order valence-corrected chi connectivity index (χ0v) is 11.0. The Morgan fingerprint density at radius 1 is 1.40 bits per heavy atom. The number of benzene rings is 1. The third-order valence-electron chi connectivity index (χ3n) is 1.75. The van der Waals surface area contributed by atoms with Gasteiger partial charge in [-0.05, 0) is 44.0 Å². The van der Waals surface area contributed by atoms with Crippen molar-refractivity contribution in [2.24, 2.45) is 7.05 Å². The molecule has 0 saturated heterocycles. The molecule has 1 heterocycles. The average Bonchev–Trinajstić information content (AvgIpc) is 2.59. The minimum Gasteiger partial charge on any atom is -0.436 e. The Balaban J connectivity index is 2.28. The van der Waals surface area contributed by atoms with Crippen molar-refractivity contribution in [2.45, 2.75) is 0 Å². The van der Waals surface area contributed by atoms with Crippen molar-refractivity contribution in [1.29, 1.82) is 0 Å². The van der Waals surface area contributed by atoms with Crippen molar-refractivity contribution in [3.63, 3.8) is 0 Å². The molecule has 1 aromatic heterocycles. The van der Waals surface area contributed by atoms with Crippen LogP contribution in [0.5, 0.6) is 11.6 Å². The Morgan fingerprint density at radius 2 is 2.20 bits per heavy atom. The second-order valence-electron chi connectivity index (χ2n) is 2.89. The summed E-state index contributed by atoms with van der Waals surface area (Å²) in [6.07, 6.45) is 2.88. The predicted molar refractivity (Wildman–Crippen MR) is 64.0 cm³/mol. The molecule has 2 rings (SSSR count). The van der Waals surface area contributed by atoms with Gasteiger partial charge in [0.25, 0.3) is 0 Å². The molecule has 0 N–H and O–H groups in total. The average molecular weight is 331 g/mol. The van der Waals surface area contributed by atoms with Gasteiger partial charge in [0.1, 0.15) is 5.75 Å². The van der Waals surface area contributed by atoms with Crippen LogP contribution in [0.25, 0.3) is 0 Å². The molecule has 0 bridgehead atoms. The quantitative estimate of drug-likeness (QED) is 0.842. The third-order valence-corrected chi connectivity index (χ3v) is 3.76. The van der Waals surface area contributed by atoms with Gasteiger partial charge in [0.05, 0.1) is 10.7 Å². The first-order valence-electron chi connectivity index (χ1n) is 4.20. The number of aromatic nitrogens is 2. The molecule has 5 heteroatoms. The molecule has 1 radical (unpaired) electrons. The van der Waals surface area contributed by atoms with E-state index < -0.39 is 0 Å². The van der Waals surface area contributed by atoms with E-state index in [0.29, 0.717) is 5.88 Å². The largest absolute Gasteiger partial charge is 0.436 e. The predicted octanol–water partition coefficient (Wildman–Crippen LogP) is 3.54. The van der Waals surface area contributed by atoms with Crippen molar-refractivity contribution in [2.75, 3.05) is 0 Å². The molecule has 2 aromatic rings. The molecule has 15 heavy (non-hydrogen) atoms. The number of aryl methyl sites for hydroxylation is 1. The molecule has 0 atom stereocenters. The van der Waals surface area contributed by atoms with Crippen molar-refractivity contribution in [3.8, 4) is 11.6 Å². The summed E-state index contributed by atoms with van der Waals surface area (Å²) in [6, 6.07) is 7.38. The van der Waals surface area contributed by atoms with Crippen LogP contribution >= 0.6 is 31.9 Å². The highest BCUT2D eigenvalue weighted by atomic mass is 79.9. The third kappa shape index (κ3) is 2.41. The number of ether oxygens (including phenoxy) is 1. The van der Waals surface area contributed by atoms with Gasteiger partial charge in [0, 0.05) is 17.6 Å². The minimum absolute atomic E-state index is 0.524. The zero-order chi connectivity index (χ0) is 10.8. The lowest BCUT2D eigenvalue weighted by molar-refractivity contribution is 0.451. The molecular formula is C10H7Br2N2O. The molecule has 77 valence electrons. The van der Waals surface area contributed by atoms with Crippen LogP contribution in [-0.4, -0.2) is 9.78 Å². The highest BCUT2D eigenvalue weighted by Crippen LogP contribution is 2.34. The fraction of sp³-hybridized carbons (Fsp3) is 0.100. The van der Waals surface area contributed by atoms with E-state index in [1.54, 1.807) is 17.8 Å². The molecule has 0 aliphatic carbocycles. The van der Waals surface area contributed by atoms with Gasteiger partial charge < -0.3 is 4.74 Å². The summed E-state index contributed by atoms with van der Waals surface area (Å²) in [4.78, 5) is 0. The lowest BCUT2D eigenvalue weighted by atomic mass is 10.3. The Hall–Kier alpha value is -0.810. The Morgan fingerprint density at radius 3 is 2.87 bits per heavy atom. The summed E-state index contributed by atoms with van der Waals surface area (Å²) in [5.41, 5.74) is 0. The van der Waals surface area contributed by atoms with Crippen LogP contribution in [0.15, 0.2) is 33.2 Å². The smallest absolute Gasteiger partial charge is 0.238 e. The minimum atomic E-state index is 0.524. The summed E-state index contributed by atoms with van der Waals surface area (Å²) in [7, 11) is 1.79. The van der Waals surface area contributed by atoms with Crippen molar-refractivity contribution in [3.05, 3.63) is 39.4 Å². The van der Waals surface area contributed by atoms with Crippen LogP contribution in [0.1, 0.15) is 0 Å². The highest BCUT2D eigenvalue weighted by Gasteiger charge is 2.07. The second kappa shape index (κ2) is 4.37.